The summed E-state index contributed by atoms with van der Waals surface area (Å²) in [5.74, 6) is -0.297. The molecule has 2 fully saturated rings. The molecule has 0 spiro atoms. The third-order valence-corrected chi connectivity index (χ3v) is 5.47. The molecule has 0 radical (unpaired) electrons. The number of hydrogen-bond acceptors (Lipinski definition) is 4. The van der Waals surface area contributed by atoms with Crippen LogP contribution in [0.3, 0.4) is 0 Å². The van der Waals surface area contributed by atoms with Crippen LogP contribution in [0.2, 0.25) is 0 Å². The highest BCUT2D eigenvalue weighted by molar-refractivity contribution is 5.80. The molecule has 25 heavy (non-hydrogen) atoms. The first-order valence-electron chi connectivity index (χ1n) is 8.35. The number of rotatable bonds is 3. The SMILES string of the molecule is COC(=O)C1([C@@H]2CC(O)(c3ccc(C(F)(F)F)cc3)C[C@H](C)N2)CC1. The molecular formula is C18H22F3NO3. The second-order valence-corrected chi connectivity index (χ2v) is 7.28. The van der Waals surface area contributed by atoms with Crippen molar-refractivity contribution < 1.29 is 27.8 Å². The summed E-state index contributed by atoms with van der Waals surface area (Å²) in [6.45, 7) is 1.90. The number of hydrogen-bond donors (Lipinski definition) is 2. The minimum Gasteiger partial charge on any atom is -0.469 e. The Morgan fingerprint density at radius 2 is 1.84 bits per heavy atom. The average molecular weight is 357 g/mol. The summed E-state index contributed by atoms with van der Waals surface area (Å²) < 4.78 is 43.2. The van der Waals surface area contributed by atoms with Crippen molar-refractivity contribution in [3.63, 3.8) is 0 Å². The average Bonchev–Trinajstić information content (AvgIpc) is 3.34. The third kappa shape index (κ3) is 3.27. The van der Waals surface area contributed by atoms with Gasteiger partial charge in [0.25, 0.3) is 0 Å². The van der Waals surface area contributed by atoms with Gasteiger partial charge in [0.15, 0.2) is 0 Å². The van der Waals surface area contributed by atoms with Crippen molar-refractivity contribution in [1.29, 1.82) is 0 Å². The number of benzene rings is 1. The number of ether oxygens (including phenoxy) is 1. The molecule has 138 valence electrons. The van der Waals surface area contributed by atoms with Crippen molar-refractivity contribution in [2.75, 3.05) is 7.11 Å². The lowest BCUT2D eigenvalue weighted by atomic mass is 9.74. The number of nitrogens with one attached hydrogen (secondary N) is 1. The Morgan fingerprint density at radius 1 is 1.24 bits per heavy atom. The number of alkyl halides is 3. The van der Waals surface area contributed by atoms with E-state index in [4.69, 9.17) is 4.74 Å². The van der Waals surface area contributed by atoms with E-state index in [1.165, 1.54) is 19.2 Å². The smallest absolute Gasteiger partial charge is 0.416 e. The van der Waals surface area contributed by atoms with E-state index in [1.54, 1.807) is 0 Å². The molecule has 3 atom stereocenters. The highest BCUT2D eigenvalue weighted by Crippen LogP contribution is 2.54. The molecule has 1 unspecified atom stereocenters. The fraction of sp³-hybridized carbons (Fsp3) is 0.611. The van der Waals surface area contributed by atoms with E-state index in [0.29, 0.717) is 24.8 Å². The van der Waals surface area contributed by atoms with Crippen LogP contribution < -0.4 is 5.32 Å². The molecule has 1 aromatic carbocycles. The maximum atomic E-state index is 12.7. The third-order valence-electron chi connectivity index (χ3n) is 5.47. The Hall–Kier alpha value is -1.60. The summed E-state index contributed by atoms with van der Waals surface area (Å²) in [4.78, 5) is 12.1. The van der Waals surface area contributed by atoms with Crippen LogP contribution in [0, 0.1) is 5.41 Å². The lowest BCUT2D eigenvalue weighted by molar-refractivity contribution is -0.150. The van der Waals surface area contributed by atoms with Gasteiger partial charge in [0.05, 0.1) is 23.7 Å². The van der Waals surface area contributed by atoms with E-state index in [-0.39, 0.29) is 24.5 Å². The van der Waals surface area contributed by atoms with Gasteiger partial charge in [0, 0.05) is 12.1 Å². The van der Waals surface area contributed by atoms with Gasteiger partial charge in [-0.25, -0.2) is 0 Å². The predicted octanol–water partition coefficient (Wildman–Crippen LogP) is 2.99. The number of halogens is 3. The first-order chi connectivity index (χ1) is 11.6. The Balaban J connectivity index is 1.86. The normalized spacial score (nSPS) is 31.4. The van der Waals surface area contributed by atoms with Crippen LogP contribution in [0.1, 0.15) is 43.7 Å². The van der Waals surface area contributed by atoms with Crippen LogP contribution >= 0.6 is 0 Å². The standard InChI is InChI=1S/C18H22F3NO3/c1-11-9-17(24,12-3-5-13(6-4-12)18(19,20)21)10-14(22-11)16(7-8-16)15(23)25-2/h3-6,11,14,22,24H,7-10H2,1-2H3/t11-,14-,17?/m0/s1. The van der Waals surface area contributed by atoms with E-state index < -0.39 is 22.8 Å². The van der Waals surface area contributed by atoms with Crippen molar-refractivity contribution in [1.82, 2.24) is 5.32 Å². The zero-order valence-corrected chi connectivity index (χ0v) is 14.2. The number of carbonyl (C=O) groups is 1. The zero-order valence-electron chi connectivity index (χ0n) is 14.2. The zero-order chi connectivity index (χ0) is 18.5. The van der Waals surface area contributed by atoms with E-state index in [9.17, 15) is 23.1 Å². The second-order valence-electron chi connectivity index (χ2n) is 7.28. The molecule has 1 saturated heterocycles. The molecule has 1 saturated carbocycles. The summed E-state index contributed by atoms with van der Waals surface area (Å²) in [6, 6.07) is 4.29. The van der Waals surface area contributed by atoms with E-state index in [1.807, 2.05) is 6.92 Å². The van der Waals surface area contributed by atoms with Crippen LogP contribution in [-0.2, 0) is 21.3 Å². The number of carbonyl (C=O) groups excluding carboxylic acids is 1. The quantitative estimate of drug-likeness (QED) is 0.817. The lowest BCUT2D eigenvalue weighted by Crippen LogP contribution is -2.56. The maximum absolute atomic E-state index is 12.7. The van der Waals surface area contributed by atoms with E-state index in [0.717, 1.165) is 12.1 Å². The number of esters is 1. The van der Waals surface area contributed by atoms with E-state index in [2.05, 4.69) is 5.32 Å². The van der Waals surface area contributed by atoms with Crippen LogP contribution in [0.5, 0.6) is 0 Å². The number of aliphatic hydroxyl groups is 1. The summed E-state index contributed by atoms with van der Waals surface area (Å²) in [7, 11) is 1.34. The molecule has 1 aliphatic carbocycles. The highest BCUT2D eigenvalue weighted by atomic mass is 19.4. The molecule has 1 aliphatic heterocycles. The van der Waals surface area contributed by atoms with Gasteiger partial charge in [-0.15, -0.1) is 0 Å². The fourth-order valence-corrected chi connectivity index (χ4v) is 3.98. The molecule has 3 rings (SSSR count). The second kappa shape index (κ2) is 5.99. The van der Waals surface area contributed by atoms with Gasteiger partial charge in [-0.05, 0) is 50.3 Å². The molecule has 2 N–H and O–H groups in total. The summed E-state index contributed by atoms with van der Waals surface area (Å²) in [6.07, 6.45) is -2.40. The van der Waals surface area contributed by atoms with Crippen LogP contribution in [0.4, 0.5) is 13.2 Å². The summed E-state index contributed by atoms with van der Waals surface area (Å²) in [5, 5.41) is 14.5. The molecule has 0 amide bonds. The molecule has 4 nitrogen and oxygen atoms in total. The van der Waals surface area contributed by atoms with Gasteiger partial charge in [0.1, 0.15) is 0 Å². The highest BCUT2D eigenvalue weighted by Gasteiger charge is 2.59. The molecule has 1 aromatic rings. The fourth-order valence-electron chi connectivity index (χ4n) is 3.98. The minimum absolute atomic E-state index is 0.0758. The van der Waals surface area contributed by atoms with Gasteiger partial charge >= 0.3 is 12.1 Å². The largest absolute Gasteiger partial charge is 0.469 e. The van der Waals surface area contributed by atoms with Crippen molar-refractivity contribution in [2.45, 2.75) is 56.5 Å². The van der Waals surface area contributed by atoms with Crippen molar-refractivity contribution in [3.8, 4) is 0 Å². The minimum atomic E-state index is -4.41. The monoisotopic (exact) mass is 357 g/mol. The Bertz CT molecular complexity index is 655. The predicted molar refractivity (Wildman–Crippen MR) is 84.6 cm³/mol. The van der Waals surface area contributed by atoms with Crippen LogP contribution in [0.15, 0.2) is 24.3 Å². The first-order valence-corrected chi connectivity index (χ1v) is 8.35. The molecule has 7 heteroatoms. The Kier molecular flexibility index (Phi) is 4.36. The lowest BCUT2D eigenvalue weighted by Gasteiger charge is -2.43. The van der Waals surface area contributed by atoms with Crippen molar-refractivity contribution in [2.24, 2.45) is 5.41 Å². The van der Waals surface area contributed by atoms with Gasteiger partial charge in [-0.3, -0.25) is 4.79 Å². The molecular weight excluding hydrogens is 335 g/mol. The van der Waals surface area contributed by atoms with E-state index >= 15 is 0 Å². The molecule has 0 aromatic heterocycles. The molecule has 2 aliphatic rings. The molecule has 0 bridgehead atoms. The summed E-state index contributed by atoms with van der Waals surface area (Å²) >= 11 is 0. The van der Waals surface area contributed by atoms with Crippen LogP contribution in [-0.4, -0.2) is 30.3 Å². The van der Waals surface area contributed by atoms with Gasteiger partial charge in [-0.1, -0.05) is 12.1 Å². The Labute approximate surface area is 144 Å². The number of methoxy groups -OCH3 is 1. The van der Waals surface area contributed by atoms with Gasteiger partial charge < -0.3 is 15.2 Å². The number of piperidine rings is 1. The van der Waals surface area contributed by atoms with Crippen LogP contribution in [0.25, 0.3) is 0 Å². The first kappa shape index (κ1) is 18.2. The van der Waals surface area contributed by atoms with Crippen molar-refractivity contribution >= 4 is 5.97 Å². The Morgan fingerprint density at radius 3 is 2.32 bits per heavy atom. The van der Waals surface area contributed by atoms with Gasteiger partial charge in [0.2, 0.25) is 0 Å². The topological polar surface area (TPSA) is 58.6 Å². The summed E-state index contributed by atoms with van der Waals surface area (Å²) in [5.41, 5.74) is -2.21. The maximum Gasteiger partial charge on any atom is 0.416 e. The molecule has 1 heterocycles. The van der Waals surface area contributed by atoms with Crippen molar-refractivity contribution in [3.05, 3.63) is 35.4 Å². The van der Waals surface area contributed by atoms with Gasteiger partial charge in [-0.2, -0.15) is 13.2 Å².